The fourth-order valence-corrected chi connectivity index (χ4v) is 3.40. The number of hydrogen-bond donors (Lipinski definition) is 1. The monoisotopic (exact) mass is 347 g/mol. The Hall–Kier alpha value is -2.92. The van der Waals surface area contributed by atoms with Crippen LogP contribution in [0.15, 0.2) is 54.6 Å². The molecule has 0 radical (unpaired) electrons. The van der Waals surface area contributed by atoms with Gasteiger partial charge in [0.25, 0.3) is 0 Å². The summed E-state index contributed by atoms with van der Waals surface area (Å²) >= 11 is 0. The summed E-state index contributed by atoms with van der Waals surface area (Å²) in [6.45, 7) is 3.87. The minimum Gasteiger partial charge on any atom is -0.478 e. The summed E-state index contributed by atoms with van der Waals surface area (Å²) < 4.78 is 0. The molecule has 0 unspecified atom stereocenters. The molecule has 1 aliphatic rings. The number of anilines is 1. The number of carboxylic acid groups (broad SMARTS) is 1. The minimum atomic E-state index is -0.916. The SMILES string of the molecule is CN1CCN(c2cc3cc(C(=O)O)ccc3nc2-c2ccccc2)CC1. The number of rotatable bonds is 3. The number of carbonyl (C=O) groups is 1. The molecule has 1 fully saturated rings. The highest BCUT2D eigenvalue weighted by atomic mass is 16.4. The van der Waals surface area contributed by atoms with Crippen molar-refractivity contribution in [3.63, 3.8) is 0 Å². The molecule has 0 atom stereocenters. The molecule has 2 aromatic carbocycles. The van der Waals surface area contributed by atoms with Gasteiger partial charge in [-0.15, -0.1) is 0 Å². The molecule has 2 heterocycles. The first-order valence-corrected chi connectivity index (χ1v) is 8.79. The van der Waals surface area contributed by atoms with Crippen molar-refractivity contribution in [2.45, 2.75) is 0 Å². The van der Waals surface area contributed by atoms with E-state index in [0.717, 1.165) is 54.0 Å². The number of aromatic nitrogens is 1. The number of benzene rings is 2. The van der Waals surface area contributed by atoms with Crippen molar-refractivity contribution in [2.75, 3.05) is 38.1 Å². The lowest BCUT2D eigenvalue weighted by Gasteiger charge is -2.35. The van der Waals surface area contributed by atoms with Gasteiger partial charge in [0.05, 0.1) is 22.5 Å². The lowest BCUT2D eigenvalue weighted by atomic mass is 10.0. The van der Waals surface area contributed by atoms with E-state index < -0.39 is 5.97 Å². The van der Waals surface area contributed by atoms with Crippen molar-refractivity contribution in [2.24, 2.45) is 0 Å². The highest BCUT2D eigenvalue weighted by molar-refractivity contribution is 5.96. The second-order valence-corrected chi connectivity index (χ2v) is 6.73. The summed E-state index contributed by atoms with van der Waals surface area (Å²) in [6, 6.07) is 17.4. The van der Waals surface area contributed by atoms with Gasteiger partial charge in [0, 0.05) is 37.1 Å². The zero-order chi connectivity index (χ0) is 18.1. The van der Waals surface area contributed by atoms with Gasteiger partial charge < -0.3 is 14.9 Å². The summed E-state index contributed by atoms with van der Waals surface area (Å²) in [5, 5.41) is 10.1. The van der Waals surface area contributed by atoms with Gasteiger partial charge in [0.1, 0.15) is 0 Å². The van der Waals surface area contributed by atoms with E-state index in [0.29, 0.717) is 0 Å². The smallest absolute Gasteiger partial charge is 0.335 e. The molecule has 0 bridgehead atoms. The average Bonchev–Trinajstić information content (AvgIpc) is 2.68. The first kappa shape index (κ1) is 16.5. The Balaban J connectivity index is 1.88. The molecule has 0 saturated carbocycles. The molecule has 0 amide bonds. The quantitative estimate of drug-likeness (QED) is 0.787. The molecule has 1 aromatic heterocycles. The Kier molecular flexibility index (Phi) is 4.31. The Morgan fingerprint density at radius 3 is 2.42 bits per heavy atom. The van der Waals surface area contributed by atoms with E-state index in [-0.39, 0.29) is 5.56 Å². The average molecular weight is 347 g/mol. The number of piperazine rings is 1. The maximum atomic E-state index is 11.3. The van der Waals surface area contributed by atoms with Crippen LogP contribution >= 0.6 is 0 Å². The summed E-state index contributed by atoms with van der Waals surface area (Å²) in [7, 11) is 2.13. The van der Waals surface area contributed by atoms with Gasteiger partial charge in [-0.3, -0.25) is 0 Å². The molecule has 5 heteroatoms. The van der Waals surface area contributed by atoms with Crippen LogP contribution in [0.3, 0.4) is 0 Å². The van der Waals surface area contributed by atoms with Crippen molar-refractivity contribution in [1.82, 2.24) is 9.88 Å². The minimum absolute atomic E-state index is 0.288. The van der Waals surface area contributed by atoms with E-state index in [1.807, 2.05) is 18.2 Å². The second kappa shape index (κ2) is 6.77. The topological polar surface area (TPSA) is 56.7 Å². The van der Waals surface area contributed by atoms with Crippen LogP contribution in [0.5, 0.6) is 0 Å². The lowest BCUT2D eigenvalue weighted by Crippen LogP contribution is -2.44. The van der Waals surface area contributed by atoms with Gasteiger partial charge in [-0.05, 0) is 31.3 Å². The van der Waals surface area contributed by atoms with Crippen LogP contribution in [-0.2, 0) is 0 Å². The molecule has 1 saturated heterocycles. The Morgan fingerprint density at radius 2 is 1.73 bits per heavy atom. The summed E-state index contributed by atoms with van der Waals surface area (Å²) in [6.07, 6.45) is 0. The highest BCUT2D eigenvalue weighted by Gasteiger charge is 2.20. The van der Waals surface area contributed by atoms with Crippen LogP contribution in [0.4, 0.5) is 5.69 Å². The van der Waals surface area contributed by atoms with Gasteiger partial charge >= 0.3 is 5.97 Å². The third kappa shape index (κ3) is 3.13. The van der Waals surface area contributed by atoms with Gasteiger partial charge in [0.15, 0.2) is 0 Å². The standard InChI is InChI=1S/C21H21N3O2/c1-23-9-11-24(12-10-23)19-14-17-13-16(21(25)26)7-8-18(17)22-20(19)15-5-3-2-4-6-15/h2-8,13-14H,9-12H2,1H3,(H,25,26). The van der Waals surface area contributed by atoms with Gasteiger partial charge in [-0.25, -0.2) is 9.78 Å². The van der Waals surface area contributed by atoms with E-state index in [1.54, 1.807) is 18.2 Å². The molecular formula is C21H21N3O2. The summed E-state index contributed by atoms with van der Waals surface area (Å²) in [4.78, 5) is 20.9. The van der Waals surface area contributed by atoms with E-state index in [4.69, 9.17) is 4.98 Å². The summed E-state index contributed by atoms with van der Waals surface area (Å²) in [5.74, 6) is -0.916. The molecule has 1 aliphatic heterocycles. The van der Waals surface area contributed by atoms with E-state index in [9.17, 15) is 9.90 Å². The van der Waals surface area contributed by atoms with Crippen molar-refractivity contribution >= 4 is 22.6 Å². The largest absolute Gasteiger partial charge is 0.478 e. The number of likely N-dealkylation sites (N-methyl/N-ethyl adjacent to an activating group) is 1. The first-order chi connectivity index (χ1) is 12.6. The molecule has 4 rings (SSSR count). The third-order valence-corrected chi connectivity index (χ3v) is 4.93. The molecule has 0 aliphatic carbocycles. The predicted molar refractivity (Wildman–Crippen MR) is 104 cm³/mol. The van der Waals surface area contributed by atoms with Gasteiger partial charge in [-0.1, -0.05) is 30.3 Å². The third-order valence-electron chi connectivity index (χ3n) is 4.93. The molecule has 0 spiro atoms. The molecule has 1 N–H and O–H groups in total. The number of fused-ring (bicyclic) bond motifs is 1. The van der Waals surface area contributed by atoms with Crippen LogP contribution in [0, 0.1) is 0 Å². The molecule has 3 aromatic rings. The van der Waals surface area contributed by atoms with Crippen molar-refractivity contribution in [3.05, 3.63) is 60.2 Å². The molecule has 5 nitrogen and oxygen atoms in total. The van der Waals surface area contributed by atoms with Gasteiger partial charge in [-0.2, -0.15) is 0 Å². The number of aromatic carboxylic acids is 1. The molecule has 26 heavy (non-hydrogen) atoms. The number of nitrogens with zero attached hydrogens (tertiary/aromatic N) is 3. The number of pyridine rings is 1. The maximum Gasteiger partial charge on any atom is 0.335 e. The zero-order valence-electron chi connectivity index (χ0n) is 14.7. The van der Waals surface area contributed by atoms with Crippen LogP contribution < -0.4 is 4.90 Å². The Bertz CT molecular complexity index is 948. The number of carboxylic acids is 1. The first-order valence-electron chi connectivity index (χ1n) is 8.79. The van der Waals surface area contributed by atoms with E-state index >= 15 is 0 Å². The number of hydrogen-bond acceptors (Lipinski definition) is 4. The zero-order valence-corrected chi connectivity index (χ0v) is 14.7. The second-order valence-electron chi connectivity index (χ2n) is 6.73. The van der Waals surface area contributed by atoms with E-state index in [2.05, 4.69) is 35.0 Å². The van der Waals surface area contributed by atoms with Crippen LogP contribution in [0.1, 0.15) is 10.4 Å². The van der Waals surface area contributed by atoms with Crippen molar-refractivity contribution in [1.29, 1.82) is 0 Å². The van der Waals surface area contributed by atoms with Crippen LogP contribution in [0.25, 0.3) is 22.2 Å². The fraction of sp³-hybridized carbons (Fsp3) is 0.238. The highest BCUT2D eigenvalue weighted by Crippen LogP contribution is 2.33. The predicted octanol–water partition coefficient (Wildman–Crippen LogP) is 3.35. The Morgan fingerprint density at radius 1 is 1.00 bits per heavy atom. The Labute approximate surface area is 152 Å². The molecular weight excluding hydrogens is 326 g/mol. The van der Waals surface area contributed by atoms with Gasteiger partial charge in [0.2, 0.25) is 0 Å². The fourth-order valence-electron chi connectivity index (χ4n) is 3.40. The van der Waals surface area contributed by atoms with E-state index in [1.165, 1.54) is 0 Å². The van der Waals surface area contributed by atoms with Crippen molar-refractivity contribution < 1.29 is 9.90 Å². The van der Waals surface area contributed by atoms with Crippen LogP contribution in [0.2, 0.25) is 0 Å². The van der Waals surface area contributed by atoms with Crippen LogP contribution in [-0.4, -0.2) is 54.2 Å². The van der Waals surface area contributed by atoms with Crippen molar-refractivity contribution in [3.8, 4) is 11.3 Å². The summed E-state index contributed by atoms with van der Waals surface area (Å²) in [5.41, 5.74) is 4.19. The lowest BCUT2D eigenvalue weighted by molar-refractivity contribution is 0.0697. The maximum absolute atomic E-state index is 11.3. The molecule has 132 valence electrons. The normalized spacial score (nSPS) is 15.3.